The smallest absolute Gasteiger partial charge is 0.205 e. The highest BCUT2D eigenvalue weighted by Crippen LogP contribution is 2.24. The Morgan fingerprint density at radius 1 is 1.29 bits per heavy atom. The molecule has 92 valence electrons. The molecule has 0 aliphatic carbocycles. The Bertz CT molecular complexity index is 491. The maximum atomic E-state index is 4.11. The summed E-state index contributed by atoms with van der Waals surface area (Å²) in [5, 5.41) is 22.2. The Morgan fingerprint density at radius 3 is 2.76 bits per heavy atom. The number of rotatable bonds is 5. The number of nitrogens with zero attached hydrogens (tertiary/aromatic N) is 5. The van der Waals surface area contributed by atoms with E-state index < -0.39 is 0 Å². The molecule has 0 amide bonds. The highest BCUT2D eigenvalue weighted by molar-refractivity contribution is 7.98. The third-order valence-corrected chi connectivity index (χ3v) is 4.27. The lowest BCUT2D eigenvalue weighted by Gasteiger charge is -1.98. The van der Waals surface area contributed by atoms with Gasteiger partial charge in [-0.25, -0.2) is 0 Å². The summed E-state index contributed by atoms with van der Waals surface area (Å²) in [6.07, 6.45) is 0. The molecule has 2 aromatic rings. The minimum absolute atomic E-state index is 0.773. The fourth-order valence-corrected chi connectivity index (χ4v) is 2.92. The Kier molecular flexibility index (Phi) is 3.95. The fraction of sp³-hybridized carbons (Fsp3) is 0.556. The van der Waals surface area contributed by atoms with Gasteiger partial charge in [0.25, 0.3) is 0 Å². The van der Waals surface area contributed by atoms with E-state index in [1.165, 1.54) is 0 Å². The Labute approximate surface area is 108 Å². The van der Waals surface area contributed by atoms with Gasteiger partial charge in [0, 0.05) is 13.6 Å². The van der Waals surface area contributed by atoms with Gasteiger partial charge in [-0.3, -0.25) is 0 Å². The molecular formula is C9H14N6S2. The zero-order valence-corrected chi connectivity index (χ0v) is 11.6. The van der Waals surface area contributed by atoms with Gasteiger partial charge in [-0.15, -0.1) is 20.4 Å². The predicted octanol–water partition coefficient (Wildman–Crippen LogP) is 1.70. The zero-order valence-electron chi connectivity index (χ0n) is 9.97. The van der Waals surface area contributed by atoms with Crippen LogP contribution in [0.2, 0.25) is 0 Å². The molecule has 0 unspecified atom stereocenters. The van der Waals surface area contributed by atoms with Crippen LogP contribution in [0.4, 0.5) is 5.13 Å². The Hall–Kier alpha value is -1.15. The van der Waals surface area contributed by atoms with Crippen LogP contribution in [-0.4, -0.2) is 31.5 Å². The van der Waals surface area contributed by atoms with Crippen molar-refractivity contribution in [2.75, 3.05) is 11.9 Å². The molecule has 6 nitrogen and oxygen atoms in total. The van der Waals surface area contributed by atoms with Gasteiger partial charge >= 0.3 is 0 Å². The van der Waals surface area contributed by atoms with Crippen molar-refractivity contribution in [1.29, 1.82) is 0 Å². The molecule has 2 rings (SSSR count). The van der Waals surface area contributed by atoms with Crippen molar-refractivity contribution in [3.05, 3.63) is 10.8 Å². The van der Waals surface area contributed by atoms with E-state index in [2.05, 4.69) is 25.7 Å². The lowest BCUT2D eigenvalue weighted by molar-refractivity contribution is 0.765. The van der Waals surface area contributed by atoms with E-state index in [-0.39, 0.29) is 0 Å². The summed E-state index contributed by atoms with van der Waals surface area (Å²) < 4.78 is 1.97. The van der Waals surface area contributed by atoms with Gasteiger partial charge in [-0.2, -0.15) is 0 Å². The molecule has 0 aliphatic rings. The normalized spacial score (nSPS) is 10.8. The largest absolute Gasteiger partial charge is 0.360 e. The summed E-state index contributed by atoms with van der Waals surface area (Å²) in [6.45, 7) is 4.84. The molecule has 0 atom stereocenters. The summed E-state index contributed by atoms with van der Waals surface area (Å²) in [4.78, 5) is 0. The highest BCUT2D eigenvalue weighted by Gasteiger charge is 2.08. The first kappa shape index (κ1) is 12.3. The van der Waals surface area contributed by atoms with Gasteiger partial charge in [-0.1, -0.05) is 23.1 Å². The minimum atomic E-state index is 0.773. The fourth-order valence-electron chi connectivity index (χ4n) is 1.17. The molecule has 0 aromatic carbocycles. The topological polar surface area (TPSA) is 68.5 Å². The second-order valence-corrected chi connectivity index (χ2v) is 5.41. The van der Waals surface area contributed by atoms with Gasteiger partial charge in [0.05, 0.1) is 5.75 Å². The van der Waals surface area contributed by atoms with Crippen molar-refractivity contribution >= 4 is 28.2 Å². The first-order valence-corrected chi connectivity index (χ1v) is 7.06. The summed E-state index contributed by atoms with van der Waals surface area (Å²) in [5.41, 5.74) is 0. The summed E-state index contributed by atoms with van der Waals surface area (Å²) in [6, 6.07) is 0. The van der Waals surface area contributed by atoms with Gasteiger partial charge in [0.15, 0.2) is 5.16 Å². The van der Waals surface area contributed by atoms with Crippen LogP contribution in [0.5, 0.6) is 0 Å². The predicted molar refractivity (Wildman–Crippen MR) is 69.4 cm³/mol. The molecule has 2 aromatic heterocycles. The molecule has 0 saturated carbocycles. The van der Waals surface area contributed by atoms with Crippen molar-refractivity contribution in [3.63, 3.8) is 0 Å². The van der Waals surface area contributed by atoms with Crippen molar-refractivity contribution < 1.29 is 0 Å². The molecule has 0 aliphatic heterocycles. The van der Waals surface area contributed by atoms with Gasteiger partial charge in [0.2, 0.25) is 5.13 Å². The number of hydrogen-bond acceptors (Lipinski definition) is 7. The number of thioether (sulfide) groups is 1. The lowest BCUT2D eigenvalue weighted by Crippen LogP contribution is -1.94. The molecule has 0 saturated heterocycles. The third-order valence-electron chi connectivity index (χ3n) is 2.17. The maximum absolute atomic E-state index is 4.11. The van der Waals surface area contributed by atoms with Crippen LogP contribution in [0.1, 0.15) is 17.8 Å². The van der Waals surface area contributed by atoms with Crippen LogP contribution < -0.4 is 5.32 Å². The molecule has 0 bridgehead atoms. The molecule has 0 spiro atoms. The van der Waals surface area contributed by atoms with Crippen molar-refractivity contribution in [2.24, 2.45) is 7.05 Å². The maximum Gasteiger partial charge on any atom is 0.205 e. The number of aryl methyl sites for hydroxylation is 1. The van der Waals surface area contributed by atoms with Crippen LogP contribution in [0, 0.1) is 6.92 Å². The van der Waals surface area contributed by atoms with Crippen LogP contribution >= 0.6 is 23.1 Å². The summed E-state index contributed by atoms with van der Waals surface area (Å²) in [7, 11) is 1.96. The molecular weight excluding hydrogens is 256 g/mol. The average molecular weight is 270 g/mol. The quantitative estimate of drug-likeness (QED) is 0.834. The van der Waals surface area contributed by atoms with Crippen molar-refractivity contribution in [2.45, 2.75) is 24.8 Å². The van der Waals surface area contributed by atoms with E-state index >= 15 is 0 Å². The van der Waals surface area contributed by atoms with Crippen LogP contribution in [0.3, 0.4) is 0 Å². The molecule has 17 heavy (non-hydrogen) atoms. The molecule has 0 fully saturated rings. The lowest BCUT2D eigenvalue weighted by atomic mass is 10.7. The van der Waals surface area contributed by atoms with E-state index in [1.807, 2.05) is 25.5 Å². The van der Waals surface area contributed by atoms with Crippen LogP contribution in [-0.2, 0) is 12.8 Å². The summed E-state index contributed by atoms with van der Waals surface area (Å²) >= 11 is 3.20. The molecule has 8 heteroatoms. The van der Waals surface area contributed by atoms with E-state index in [0.29, 0.717) is 0 Å². The Morgan fingerprint density at radius 2 is 2.12 bits per heavy atom. The summed E-state index contributed by atoms with van der Waals surface area (Å²) in [5.74, 6) is 1.69. The monoisotopic (exact) mass is 270 g/mol. The second-order valence-electron chi connectivity index (χ2n) is 3.41. The Balaban J connectivity index is 1.95. The highest BCUT2D eigenvalue weighted by atomic mass is 32.2. The zero-order chi connectivity index (χ0) is 12.3. The number of nitrogens with one attached hydrogen (secondary N) is 1. The van der Waals surface area contributed by atoms with Crippen molar-refractivity contribution in [1.82, 2.24) is 25.0 Å². The first-order chi connectivity index (χ1) is 8.20. The number of aromatic nitrogens is 5. The number of anilines is 1. The average Bonchev–Trinajstić information content (AvgIpc) is 2.87. The van der Waals surface area contributed by atoms with E-state index in [0.717, 1.165) is 33.4 Å². The van der Waals surface area contributed by atoms with Crippen LogP contribution in [0.15, 0.2) is 5.16 Å². The SMILES string of the molecule is CCNc1nnc(CSc2nnc(C)n2C)s1. The molecule has 0 radical (unpaired) electrons. The van der Waals surface area contributed by atoms with Crippen molar-refractivity contribution in [3.8, 4) is 0 Å². The van der Waals surface area contributed by atoms with E-state index in [9.17, 15) is 0 Å². The van der Waals surface area contributed by atoms with Gasteiger partial charge in [0.1, 0.15) is 10.8 Å². The standard InChI is InChI=1S/C9H14N6S2/c1-4-10-8-13-12-7(17-8)5-16-9-14-11-6(2)15(9)3/h4-5H2,1-3H3,(H,10,13). The van der Waals surface area contributed by atoms with Gasteiger partial charge in [-0.05, 0) is 13.8 Å². The van der Waals surface area contributed by atoms with Crippen LogP contribution in [0.25, 0.3) is 0 Å². The second kappa shape index (κ2) is 5.46. The molecule has 2 heterocycles. The first-order valence-electron chi connectivity index (χ1n) is 5.25. The molecule has 1 N–H and O–H groups in total. The van der Waals surface area contributed by atoms with Gasteiger partial charge < -0.3 is 9.88 Å². The number of hydrogen-bond donors (Lipinski definition) is 1. The van der Waals surface area contributed by atoms with E-state index in [4.69, 9.17) is 0 Å². The van der Waals surface area contributed by atoms with E-state index in [1.54, 1.807) is 23.1 Å². The minimum Gasteiger partial charge on any atom is -0.360 e. The third kappa shape index (κ3) is 2.95.